The fourth-order valence-electron chi connectivity index (χ4n) is 1.14. The van der Waals surface area contributed by atoms with Gasteiger partial charge in [-0.05, 0) is 31.2 Å². The van der Waals surface area contributed by atoms with Crippen molar-refractivity contribution in [2.24, 2.45) is 10.7 Å². The highest BCUT2D eigenvalue weighted by Gasteiger charge is 2.05. The summed E-state index contributed by atoms with van der Waals surface area (Å²) in [6.07, 6.45) is 1.24. The number of methoxy groups -OCH3 is 1. The number of carbonyl (C=O) groups is 1. The highest BCUT2D eigenvalue weighted by Crippen LogP contribution is 2.17. The predicted octanol–water partition coefficient (Wildman–Crippen LogP) is 1.71. The van der Waals surface area contributed by atoms with E-state index in [1.165, 1.54) is 13.1 Å². The van der Waals surface area contributed by atoms with Crippen LogP contribution in [0.25, 0.3) is 0 Å². The molecule has 1 aromatic rings. The van der Waals surface area contributed by atoms with Crippen LogP contribution in [0.2, 0.25) is 0 Å². The van der Waals surface area contributed by atoms with Crippen molar-refractivity contribution in [1.82, 2.24) is 0 Å². The Kier molecular flexibility index (Phi) is 4.28. The molecule has 5 nitrogen and oxygen atoms in total. The van der Waals surface area contributed by atoms with Gasteiger partial charge in [0, 0.05) is 6.21 Å². The fourth-order valence-corrected chi connectivity index (χ4v) is 1.14. The molecule has 0 radical (unpaired) electrons. The monoisotopic (exact) mass is 234 g/mol. The van der Waals surface area contributed by atoms with E-state index in [4.69, 9.17) is 10.5 Å². The van der Waals surface area contributed by atoms with Gasteiger partial charge in [0.25, 0.3) is 5.91 Å². The second kappa shape index (κ2) is 5.69. The van der Waals surface area contributed by atoms with Crippen LogP contribution in [0.4, 0.5) is 5.69 Å². The van der Waals surface area contributed by atoms with Crippen molar-refractivity contribution < 1.29 is 14.6 Å². The molecule has 1 amide bonds. The molecule has 0 spiro atoms. The lowest BCUT2D eigenvalue weighted by Gasteiger charge is -2.00. The van der Waals surface area contributed by atoms with Crippen LogP contribution in [0.3, 0.4) is 0 Å². The normalized spacial score (nSPS) is 12.4. The number of nitrogens with zero attached hydrogens (tertiary/aromatic N) is 1. The number of allylic oxidation sites excluding steroid dienone is 1. The van der Waals surface area contributed by atoms with Crippen molar-refractivity contribution in [2.75, 3.05) is 7.11 Å². The summed E-state index contributed by atoms with van der Waals surface area (Å²) < 4.78 is 5.00. The van der Waals surface area contributed by atoms with Crippen molar-refractivity contribution in [1.29, 1.82) is 0 Å². The second-order valence-electron chi connectivity index (χ2n) is 3.32. The maximum Gasteiger partial charge on any atom is 0.253 e. The minimum Gasteiger partial charge on any atom is -0.512 e. The zero-order chi connectivity index (χ0) is 12.8. The van der Waals surface area contributed by atoms with Gasteiger partial charge >= 0.3 is 0 Å². The van der Waals surface area contributed by atoms with E-state index in [0.717, 1.165) is 0 Å². The summed E-state index contributed by atoms with van der Waals surface area (Å²) in [5.41, 5.74) is 5.70. The van der Waals surface area contributed by atoms with Crippen LogP contribution in [0.15, 0.2) is 40.6 Å². The molecular formula is C12H14N2O3. The first kappa shape index (κ1) is 12.8. The lowest BCUT2D eigenvalue weighted by Crippen LogP contribution is -2.16. The molecule has 5 heteroatoms. The fraction of sp³-hybridized carbons (Fsp3) is 0.167. The van der Waals surface area contributed by atoms with Gasteiger partial charge in [0.05, 0.1) is 18.4 Å². The number of carbonyl (C=O) groups excluding carboxylic acids is 1. The summed E-state index contributed by atoms with van der Waals surface area (Å²) in [5.74, 6) is -0.162. The van der Waals surface area contributed by atoms with Crippen molar-refractivity contribution in [3.05, 3.63) is 35.6 Å². The first-order valence-electron chi connectivity index (χ1n) is 4.92. The Hall–Kier alpha value is -2.30. The summed E-state index contributed by atoms with van der Waals surface area (Å²) in [6, 6.07) is 6.93. The first-order valence-corrected chi connectivity index (χ1v) is 4.92. The van der Waals surface area contributed by atoms with Gasteiger partial charge in [0.1, 0.15) is 11.5 Å². The average Bonchev–Trinajstić information content (AvgIpc) is 2.29. The lowest BCUT2D eigenvalue weighted by molar-refractivity contribution is -0.114. The van der Waals surface area contributed by atoms with E-state index in [9.17, 15) is 9.90 Å². The zero-order valence-corrected chi connectivity index (χ0v) is 9.68. The quantitative estimate of drug-likeness (QED) is 0.472. The molecule has 0 unspecified atom stereocenters. The Bertz CT molecular complexity index is 457. The Morgan fingerprint density at radius 1 is 1.41 bits per heavy atom. The SMILES string of the molecule is COc1ccc(N=C/C(C(N)=O)=C(\C)O)cc1. The van der Waals surface area contributed by atoms with Gasteiger partial charge in [-0.1, -0.05) is 0 Å². The third-order valence-electron chi connectivity index (χ3n) is 2.07. The van der Waals surface area contributed by atoms with Gasteiger partial charge in [-0.3, -0.25) is 9.79 Å². The number of aliphatic imine (C=N–C) groups is 1. The van der Waals surface area contributed by atoms with Gasteiger partial charge in [-0.25, -0.2) is 0 Å². The lowest BCUT2D eigenvalue weighted by atomic mass is 10.2. The molecule has 0 aliphatic carbocycles. The number of hydrogen-bond acceptors (Lipinski definition) is 4. The molecular weight excluding hydrogens is 220 g/mol. The molecule has 0 bridgehead atoms. The molecule has 0 heterocycles. The minimum absolute atomic E-state index is 0.0131. The summed E-state index contributed by atoms with van der Waals surface area (Å²) in [7, 11) is 1.57. The van der Waals surface area contributed by atoms with E-state index >= 15 is 0 Å². The number of hydrogen-bond donors (Lipinski definition) is 2. The van der Waals surface area contributed by atoms with E-state index < -0.39 is 5.91 Å². The Balaban J connectivity index is 2.89. The van der Waals surface area contributed by atoms with Crippen LogP contribution in [0, 0.1) is 0 Å². The van der Waals surface area contributed by atoms with E-state index in [1.54, 1.807) is 31.4 Å². The van der Waals surface area contributed by atoms with Crippen LogP contribution in [0.5, 0.6) is 5.75 Å². The van der Waals surface area contributed by atoms with E-state index in [1.807, 2.05) is 0 Å². The molecule has 0 aliphatic heterocycles. The average molecular weight is 234 g/mol. The van der Waals surface area contributed by atoms with Crippen molar-refractivity contribution in [3.63, 3.8) is 0 Å². The highest BCUT2D eigenvalue weighted by atomic mass is 16.5. The van der Waals surface area contributed by atoms with E-state index in [-0.39, 0.29) is 11.3 Å². The van der Waals surface area contributed by atoms with Crippen LogP contribution in [0.1, 0.15) is 6.92 Å². The Labute approximate surface area is 99.2 Å². The topological polar surface area (TPSA) is 84.9 Å². The van der Waals surface area contributed by atoms with Crippen LogP contribution >= 0.6 is 0 Å². The number of rotatable bonds is 4. The maximum absolute atomic E-state index is 11.0. The Morgan fingerprint density at radius 3 is 2.41 bits per heavy atom. The highest BCUT2D eigenvalue weighted by molar-refractivity contribution is 6.12. The van der Waals surface area contributed by atoms with Crippen LogP contribution in [-0.2, 0) is 4.79 Å². The molecule has 0 aliphatic rings. The number of primary amides is 1. The molecule has 0 saturated heterocycles. The van der Waals surface area contributed by atoms with Gasteiger partial charge in [-0.2, -0.15) is 0 Å². The van der Waals surface area contributed by atoms with Gasteiger partial charge < -0.3 is 15.6 Å². The standard InChI is InChI=1S/C12H14N2O3/c1-8(15)11(12(13)16)7-14-9-3-5-10(17-2)6-4-9/h3-7,15H,1-2H3,(H2,13,16)/b11-8-,14-7?. The van der Waals surface area contributed by atoms with Crippen molar-refractivity contribution in [2.45, 2.75) is 6.92 Å². The molecule has 17 heavy (non-hydrogen) atoms. The van der Waals surface area contributed by atoms with Crippen LogP contribution in [-0.4, -0.2) is 24.3 Å². The number of benzene rings is 1. The third kappa shape index (κ3) is 3.64. The van der Waals surface area contributed by atoms with E-state index in [2.05, 4.69) is 4.99 Å². The third-order valence-corrected chi connectivity index (χ3v) is 2.07. The summed E-state index contributed by atoms with van der Waals surface area (Å²) in [6.45, 7) is 1.38. The smallest absolute Gasteiger partial charge is 0.253 e. The number of nitrogens with two attached hydrogens (primary N) is 1. The summed E-state index contributed by atoms with van der Waals surface area (Å²) >= 11 is 0. The van der Waals surface area contributed by atoms with Crippen LogP contribution < -0.4 is 10.5 Å². The number of aliphatic hydroxyl groups excluding tert-OH is 1. The molecule has 90 valence electrons. The maximum atomic E-state index is 11.0. The van der Waals surface area contributed by atoms with Crippen molar-refractivity contribution >= 4 is 17.8 Å². The molecule has 0 atom stereocenters. The largest absolute Gasteiger partial charge is 0.512 e. The van der Waals surface area contributed by atoms with Crippen molar-refractivity contribution in [3.8, 4) is 5.75 Å². The molecule has 1 aromatic carbocycles. The summed E-state index contributed by atoms with van der Waals surface area (Å²) in [5, 5.41) is 9.21. The Morgan fingerprint density at radius 2 is 2.00 bits per heavy atom. The number of ether oxygens (including phenoxy) is 1. The first-order chi connectivity index (χ1) is 8.04. The zero-order valence-electron chi connectivity index (χ0n) is 9.68. The van der Waals surface area contributed by atoms with E-state index in [0.29, 0.717) is 11.4 Å². The second-order valence-corrected chi connectivity index (χ2v) is 3.32. The number of aliphatic hydroxyl groups is 1. The summed E-state index contributed by atoms with van der Waals surface area (Å²) in [4.78, 5) is 15.0. The molecule has 0 saturated carbocycles. The van der Waals surface area contributed by atoms with Gasteiger partial charge in [-0.15, -0.1) is 0 Å². The minimum atomic E-state index is -0.720. The molecule has 1 rings (SSSR count). The number of amides is 1. The molecule has 0 fully saturated rings. The molecule has 0 aromatic heterocycles. The predicted molar refractivity (Wildman–Crippen MR) is 65.7 cm³/mol. The molecule has 3 N–H and O–H groups in total. The van der Waals surface area contributed by atoms with Gasteiger partial charge in [0.2, 0.25) is 0 Å². The van der Waals surface area contributed by atoms with Gasteiger partial charge in [0.15, 0.2) is 0 Å².